The molecule has 0 aromatic heterocycles. The lowest BCUT2D eigenvalue weighted by Crippen LogP contribution is -2.75. The molecule has 4 amide bonds. The van der Waals surface area contributed by atoms with Gasteiger partial charge >= 0.3 is 6.03 Å². The minimum absolute atomic E-state index is 0.00686. The molecule has 2 aliphatic rings. The van der Waals surface area contributed by atoms with E-state index in [4.69, 9.17) is 27.9 Å². The van der Waals surface area contributed by atoms with Crippen LogP contribution in [0.3, 0.4) is 0 Å². The molecule has 0 aliphatic carbocycles. The van der Waals surface area contributed by atoms with Gasteiger partial charge < -0.3 is 19.9 Å². The number of fused-ring (bicyclic) bond motifs is 1. The van der Waals surface area contributed by atoms with Crippen LogP contribution in [-0.2, 0) is 22.7 Å². The van der Waals surface area contributed by atoms with E-state index in [9.17, 15) is 14.4 Å². The highest BCUT2D eigenvalue weighted by Crippen LogP contribution is 2.28. The summed E-state index contributed by atoms with van der Waals surface area (Å²) >= 11 is 12.3. The molecule has 0 radical (unpaired) electrons. The van der Waals surface area contributed by atoms with E-state index in [1.165, 1.54) is 9.91 Å². The molecule has 186 valence electrons. The first kappa shape index (κ1) is 25.1. The Bertz CT molecular complexity index is 1130. The molecule has 0 saturated carbocycles. The first-order valence-corrected chi connectivity index (χ1v) is 11.9. The Labute approximate surface area is 214 Å². The van der Waals surface area contributed by atoms with E-state index >= 15 is 0 Å². The summed E-state index contributed by atoms with van der Waals surface area (Å²) in [6.07, 6.45) is -0.657. The topological polar surface area (TPSA) is 85.4 Å². The zero-order valence-electron chi connectivity index (χ0n) is 19.7. The third kappa shape index (κ3) is 5.17. The lowest BCUT2D eigenvalue weighted by molar-refractivity contribution is -0.186. The fourth-order valence-corrected chi connectivity index (χ4v) is 4.93. The van der Waals surface area contributed by atoms with Crippen molar-refractivity contribution in [2.75, 3.05) is 27.2 Å². The molecule has 2 aliphatic heterocycles. The minimum atomic E-state index is -0.724. The van der Waals surface area contributed by atoms with E-state index in [1.54, 1.807) is 49.2 Å². The Morgan fingerprint density at radius 2 is 1.86 bits per heavy atom. The van der Waals surface area contributed by atoms with Gasteiger partial charge in [0, 0.05) is 30.2 Å². The third-order valence-electron chi connectivity index (χ3n) is 6.28. The van der Waals surface area contributed by atoms with Gasteiger partial charge in [-0.15, -0.1) is 0 Å². The van der Waals surface area contributed by atoms with E-state index in [1.807, 2.05) is 24.3 Å². The van der Waals surface area contributed by atoms with E-state index in [0.717, 1.165) is 16.9 Å². The average molecular weight is 520 g/mol. The van der Waals surface area contributed by atoms with Crippen molar-refractivity contribution in [2.45, 2.75) is 32.2 Å². The lowest BCUT2D eigenvalue weighted by Gasteiger charge is -2.53. The number of carbonyl (C=O) groups is 3. The molecular formula is C24H27Cl2N5O4. The highest BCUT2D eigenvalue weighted by atomic mass is 35.5. The van der Waals surface area contributed by atoms with Gasteiger partial charge in [-0.1, -0.05) is 41.4 Å². The fraction of sp³-hybridized carbons (Fsp3) is 0.375. The highest BCUT2D eigenvalue weighted by Gasteiger charge is 2.49. The van der Waals surface area contributed by atoms with Crippen LogP contribution in [0, 0.1) is 0 Å². The molecule has 1 N–H and O–H groups in total. The zero-order chi connectivity index (χ0) is 25.3. The number of rotatable bonds is 5. The number of halogens is 2. The number of amides is 4. The molecule has 0 unspecified atom stereocenters. The van der Waals surface area contributed by atoms with Gasteiger partial charge in [-0.25, -0.2) is 14.8 Å². The Hall–Kier alpha value is -3.01. The second kappa shape index (κ2) is 10.3. The van der Waals surface area contributed by atoms with Crippen LogP contribution >= 0.6 is 23.2 Å². The lowest BCUT2D eigenvalue weighted by atomic mass is 10.1. The molecular weight excluding hydrogens is 493 g/mol. The summed E-state index contributed by atoms with van der Waals surface area (Å²) in [4.78, 5) is 42.4. The number of urea groups is 1. The number of hydrogen-bond donors (Lipinski definition) is 1. The minimum Gasteiger partial charge on any atom is -0.497 e. The molecule has 2 fully saturated rings. The van der Waals surface area contributed by atoms with Crippen LogP contribution in [0.1, 0.15) is 18.1 Å². The molecule has 11 heteroatoms. The standard InChI is InChI=1S/C24H27Cl2N5O4/c1-15-23(33)29(12-17-6-7-18(25)10-20(17)26)13-21-30(15)22(32)14-28(2)31(21)24(34)27-11-16-4-8-19(35-3)9-5-16/h4-10,15,21H,11-14H2,1-3H3,(H,27,34)/t15-,21-/m0/s1. The predicted octanol–water partition coefficient (Wildman–Crippen LogP) is 2.96. The number of piperazine rings is 1. The van der Waals surface area contributed by atoms with Crippen LogP contribution in [0.5, 0.6) is 5.75 Å². The van der Waals surface area contributed by atoms with Gasteiger partial charge in [0.05, 0.1) is 20.2 Å². The van der Waals surface area contributed by atoms with Crippen LogP contribution in [0.25, 0.3) is 0 Å². The van der Waals surface area contributed by atoms with Crippen molar-refractivity contribution < 1.29 is 19.1 Å². The van der Waals surface area contributed by atoms with Gasteiger partial charge in [0.2, 0.25) is 11.8 Å². The van der Waals surface area contributed by atoms with Crippen molar-refractivity contribution in [3.8, 4) is 5.75 Å². The van der Waals surface area contributed by atoms with E-state index in [-0.39, 0.29) is 37.5 Å². The molecule has 0 bridgehead atoms. The van der Waals surface area contributed by atoms with E-state index < -0.39 is 12.2 Å². The summed E-state index contributed by atoms with van der Waals surface area (Å²) in [7, 11) is 3.28. The monoisotopic (exact) mass is 519 g/mol. The van der Waals surface area contributed by atoms with Crippen molar-refractivity contribution in [3.63, 3.8) is 0 Å². The molecule has 2 aromatic carbocycles. The molecule has 35 heavy (non-hydrogen) atoms. The summed E-state index contributed by atoms with van der Waals surface area (Å²) in [5.74, 6) is 0.317. The Morgan fingerprint density at radius 3 is 2.51 bits per heavy atom. The molecule has 2 atom stereocenters. The number of nitrogens with zero attached hydrogens (tertiary/aromatic N) is 4. The maximum absolute atomic E-state index is 13.3. The van der Waals surface area contributed by atoms with E-state index in [0.29, 0.717) is 16.6 Å². The van der Waals surface area contributed by atoms with Crippen molar-refractivity contribution in [2.24, 2.45) is 0 Å². The molecule has 4 rings (SSSR count). The summed E-state index contributed by atoms with van der Waals surface area (Å²) < 4.78 is 5.17. The van der Waals surface area contributed by atoms with Crippen molar-refractivity contribution in [3.05, 3.63) is 63.6 Å². The van der Waals surface area contributed by atoms with Crippen LogP contribution in [-0.4, -0.2) is 77.1 Å². The molecule has 2 heterocycles. The summed E-state index contributed by atoms with van der Waals surface area (Å²) in [5, 5.41) is 6.96. The van der Waals surface area contributed by atoms with E-state index in [2.05, 4.69) is 5.32 Å². The first-order valence-electron chi connectivity index (χ1n) is 11.1. The number of ether oxygens (including phenoxy) is 1. The van der Waals surface area contributed by atoms with Crippen molar-refractivity contribution >= 4 is 41.0 Å². The molecule has 0 spiro atoms. The van der Waals surface area contributed by atoms with Gasteiger partial charge in [-0.3, -0.25) is 9.59 Å². The summed E-state index contributed by atoms with van der Waals surface area (Å²) in [6, 6.07) is 11.4. The number of methoxy groups -OCH3 is 1. The molecule has 9 nitrogen and oxygen atoms in total. The van der Waals surface area contributed by atoms with Crippen LogP contribution in [0.15, 0.2) is 42.5 Å². The van der Waals surface area contributed by atoms with Crippen molar-refractivity contribution in [1.82, 2.24) is 25.1 Å². The molecule has 2 aromatic rings. The Kier molecular flexibility index (Phi) is 7.39. The summed E-state index contributed by atoms with van der Waals surface area (Å²) in [6.45, 7) is 2.36. The quantitative estimate of drug-likeness (QED) is 0.656. The van der Waals surface area contributed by atoms with Gasteiger partial charge in [-0.05, 0) is 42.3 Å². The zero-order valence-corrected chi connectivity index (χ0v) is 21.2. The van der Waals surface area contributed by atoms with Crippen LogP contribution in [0.4, 0.5) is 4.79 Å². The maximum Gasteiger partial charge on any atom is 0.334 e. The van der Waals surface area contributed by atoms with Crippen molar-refractivity contribution in [1.29, 1.82) is 0 Å². The number of carbonyl (C=O) groups excluding carboxylic acids is 3. The Balaban J connectivity index is 1.53. The van der Waals surface area contributed by atoms with Gasteiger partial charge in [-0.2, -0.15) is 0 Å². The van der Waals surface area contributed by atoms with Gasteiger partial charge in [0.15, 0.2) is 0 Å². The van der Waals surface area contributed by atoms with Crippen LogP contribution in [0.2, 0.25) is 10.0 Å². The first-order chi connectivity index (χ1) is 16.7. The van der Waals surface area contributed by atoms with Gasteiger partial charge in [0.25, 0.3) is 0 Å². The SMILES string of the molecule is COc1ccc(CNC(=O)N2[C@H]3CN(Cc4ccc(Cl)cc4Cl)C(=O)[C@H](C)N3C(=O)CN2C)cc1. The maximum atomic E-state index is 13.3. The summed E-state index contributed by atoms with van der Waals surface area (Å²) in [5.41, 5.74) is 1.63. The number of nitrogens with one attached hydrogen (secondary N) is 1. The normalized spacial score (nSPS) is 20.7. The predicted molar refractivity (Wildman–Crippen MR) is 132 cm³/mol. The Morgan fingerprint density at radius 1 is 1.14 bits per heavy atom. The molecule has 2 saturated heterocycles. The average Bonchev–Trinajstić information content (AvgIpc) is 2.82. The van der Waals surface area contributed by atoms with Gasteiger partial charge in [0.1, 0.15) is 18.0 Å². The smallest absolute Gasteiger partial charge is 0.334 e. The third-order valence-corrected chi connectivity index (χ3v) is 6.87. The van der Waals surface area contributed by atoms with Crippen LogP contribution < -0.4 is 10.1 Å². The largest absolute Gasteiger partial charge is 0.497 e. The highest BCUT2D eigenvalue weighted by molar-refractivity contribution is 6.35. The number of benzene rings is 2. The second-order valence-electron chi connectivity index (χ2n) is 8.58. The number of likely N-dealkylation sites (N-methyl/N-ethyl adjacent to an activating group) is 1. The fourth-order valence-electron chi connectivity index (χ4n) is 4.47. The number of hydrazine groups is 1. The second-order valence-corrected chi connectivity index (χ2v) is 9.42. The number of hydrogen-bond acceptors (Lipinski definition) is 5.